The zero-order valence-corrected chi connectivity index (χ0v) is 28.1. The fourth-order valence-corrected chi connectivity index (χ4v) is 8.73. The Balaban J connectivity index is 0.000000269. The van der Waals surface area contributed by atoms with Gasteiger partial charge in [-0.25, -0.2) is 12.0 Å². The summed E-state index contributed by atoms with van der Waals surface area (Å²) in [4.78, 5) is 5.82. The summed E-state index contributed by atoms with van der Waals surface area (Å²) in [7, 11) is 0. The van der Waals surface area contributed by atoms with Crippen LogP contribution in [0.5, 0.6) is 0 Å². The Bertz CT molecular complexity index is 1260. The third-order valence-electron chi connectivity index (χ3n) is 9.14. The van der Waals surface area contributed by atoms with Crippen molar-refractivity contribution in [1.29, 1.82) is 0 Å². The summed E-state index contributed by atoms with van der Waals surface area (Å²) >= 11 is 1.79. The molecule has 0 spiro atoms. The molecule has 5 heterocycles. The van der Waals surface area contributed by atoms with Crippen LogP contribution in [-0.4, -0.2) is 36.8 Å². The first-order chi connectivity index (χ1) is 21.4. The quantitative estimate of drug-likeness (QED) is 0.270. The summed E-state index contributed by atoms with van der Waals surface area (Å²) in [6.45, 7) is 5.49. The second-order valence-corrected chi connectivity index (χ2v) is 14.3. The molecule has 0 aromatic carbocycles. The SMILES string of the molecule is [2H]C([2H])([2H])C1=NC2OC3=C([C@@H]4[N-]CC=C5SCC(C([2H])([2H])C(C)(C)C)C54)[CH-]CC[C@H]3C2CC1.[C-]1=C(C2=CCCC[N-]2)CCCC1.[Ir]. The van der Waals surface area contributed by atoms with Gasteiger partial charge in [-0.3, -0.25) is 11.1 Å². The van der Waals surface area contributed by atoms with Gasteiger partial charge in [0.15, 0.2) is 6.23 Å². The third kappa shape index (κ3) is 7.24. The Morgan fingerprint density at radius 1 is 1.22 bits per heavy atom. The molecule has 6 atom stereocenters. The van der Waals surface area contributed by atoms with Crippen LogP contribution in [0.1, 0.15) is 105 Å². The summed E-state index contributed by atoms with van der Waals surface area (Å²) in [5, 5.41) is 9.54. The normalized spacial score (nSPS) is 36.8. The number of thioether (sulfide) groups is 1. The molecule has 2 saturated heterocycles. The van der Waals surface area contributed by atoms with Crippen molar-refractivity contribution in [2.45, 2.75) is 110 Å². The van der Waals surface area contributed by atoms with E-state index in [1.807, 2.05) is 20.8 Å². The minimum absolute atomic E-state index is 0. The molecule has 4 unspecified atom stereocenters. The van der Waals surface area contributed by atoms with E-state index in [-0.39, 0.29) is 55.5 Å². The van der Waals surface area contributed by atoms with Crippen molar-refractivity contribution in [2.75, 3.05) is 18.8 Å². The van der Waals surface area contributed by atoms with Gasteiger partial charge in [0.25, 0.3) is 0 Å². The van der Waals surface area contributed by atoms with Gasteiger partial charge in [-0.1, -0.05) is 65.4 Å². The number of hydrogen-bond donors (Lipinski definition) is 0. The molecule has 5 aliphatic heterocycles. The summed E-state index contributed by atoms with van der Waals surface area (Å²) < 4.78 is 47.7. The second-order valence-electron chi connectivity index (χ2n) is 13.2. The molecule has 1 radical (unpaired) electrons. The van der Waals surface area contributed by atoms with Crippen LogP contribution in [0.4, 0.5) is 0 Å². The van der Waals surface area contributed by atoms with Gasteiger partial charge >= 0.3 is 0 Å². The van der Waals surface area contributed by atoms with E-state index in [9.17, 15) is 0 Å². The molecular formula is C35H49IrN3OS-4. The van der Waals surface area contributed by atoms with Crippen molar-refractivity contribution in [3.05, 3.63) is 62.8 Å². The van der Waals surface area contributed by atoms with E-state index in [1.165, 1.54) is 48.3 Å². The van der Waals surface area contributed by atoms with E-state index in [1.54, 1.807) is 11.8 Å². The average Bonchev–Trinajstić information content (AvgIpc) is 3.63. The van der Waals surface area contributed by atoms with Gasteiger partial charge in [0.05, 0.1) is 0 Å². The molecule has 229 valence electrons. The van der Waals surface area contributed by atoms with Crippen LogP contribution in [0.3, 0.4) is 0 Å². The first-order valence-corrected chi connectivity index (χ1v) is 16.6. The molecule has 4 nitrogen and oxygen atoms in total. The molecule has 0 bridgehead atoms. The van der Waals surface area contributed by atoms with E-state index in [4.69, 9.17) is 16.9 Å². The van der Waals surface area contributed by atoms with Crippen LogP contribution in [0, 0.1) is 41.6 Å². The Hall–Kier alpha value is -0.941. The number of aliphatic imine (C=N–C) groups is 1. The van der Waals surface area contributed by atoms with Gasteiger partial charge in [0, 0.05) is 44.3 Å². The maximum absolute atomic E-state index is 9.02. The Morgan fingerprint density at radius 2 is 2.12 bits per heavy atom. The fourth-order valence-electron chi connectivity index (χ4n) is 7.39. The minimum atomic E-state index is -2.16. The summed E-state index contributed by atoms with van der Waals surface area (Å²) in [5.41, 5.74) is 3.57. The number of allylic oxidation sites excluding steroid dienone is 4. The molecule has 7 rings (SSSR count). The number of nitrogens with zero attached hydrogens (tertiary/aromatic N) is 3. The van der Waals surface area contributed by atoms with Gasteiger partial charge in [0.2, 0.25) is 0 Å². The molecule has 0 saturated carbocycles. The van der Waals surface area contributed by atoms with E-state index in [0.29, 0.717) is 13.0 Å². The molecule has 0 amide bonds. The molecule has 0 aromatic heterocycles. The zero-order chi connectivity index (χ0) is 32.0. The topological polar surface area (TPSA) is 49.8 Å². The number of hydrogen-bond acceptors (Lipinski definition) is 3. The summed E-state index contributed by atoms with van der Waals surface area (Å²) in [5.74, 6) is 2.12. The van der Waals surface area contributed by atoms with Gasteiger partial charge in [-0.15, -0.1) is 43.7 Å². The van der Waals surface area contributed by atoms with Crippen LogP contribution in [0.25, 0.3) is 10.6 Å². The van der Waals surface area contributed by atoms with Crippen LogP contribution < -0.4 is 0 Å². The largest absolute Gasteiger partial charge is 0.770 e. The monoisotopic (exact) mass is 757 g/mol. The molecule has 2 aliphatic carbocycles. The van der Waals surface area contributed by atoms with Crippen LogP contribution >= 0.6 is 11.8 Å². The summed E-state index contributed by atoms with van der Waals surface area (Å²) in [6.07, 6.45) is 19.1. The van der Waals surface area contributed by atoms with E-state index < -0.39 is 24.9 Å². The maximum atomic E-state index is 9.02. The maximum Gasteiger partial charge on any atom is 0.171 e. The van der Waals surface area contributed by atoms with Gasteiger partial charge < -0.3 is 21.1 Å². The van der Waals surface area contributed by atoms with E-state index >= 15 is 0 Å². The van der Waals surface area contributed by atoms with E-state index in [0.717, 1.165) is 49.3 Å². The molecule has 41 heavy (non-hydrogen) atoms. The Kier molecular flexibility index (Phi) is 8.54. The van der Waals surface area contributed by atoms with Crippen LogP contribution in [-0.2, 0) is 24.8 Å². The van der Waals surface area contributed by atoms with Crippen molar-refractivity contribution in [3.63, 3.8) is 0 Å². The number of ether oxygens (including phenoxy) is 1. The van der Waals surface area contributed by atoms with Crippen molar-refractivity contribution in [2.24, 2.45) is 34.1 Å². The van der Waals surface area contributed by atoms with Crippen molar-refractivity contribution < 1.29 is 31.7 Å². The first-order valence-electron chi connectivity index (χ1n) is 18.1. The minimum Gasteiger partial charge on any atom is -0.770 e. The zero-order valence-electron chi connectivity index (χ0n) is 29.9. The fraction of sp³-hybridized carbons (Fsp3) is 0.714. The number of rotatable bonds is 3. The second kappa shape index (κ2) is 13.8. The Morgan fingerprint density at radius 3 is 2.88 bits per heavy atom. The molecule has 0 N–H and O–H groups in total. The Labute approximate surface area is 274 Å². The predicted octanol–water partition coefficient (Wildman–Crippen LogP) is 9.48. The predicted molar refractivity (Wildman–Crippen MR) is 169 cm³/mol. The molecule has 2 fully saturated rings. The molecule has 6 heteroatoms. The first kappa shape index (κ1) is 25.4. The van der Waals surface area contributed by atoms with Gasteiger partial charge in [-0.05, 0) is 59.9 Å². The molecule has 0 aromatic rings. The van der Waals surface area contributed by atoms with Crippen LogP contribution in [0.15, 0.2) is 44.7 Å². The van der Waals surface area contributed by atoms with Crippen molar-refractivity contribution in [3.8, 4) is 0 Å². The van der Waals surface area contributed by atoms with Gasteiger partial charge in [-0.2, -0.15) is 11.6 Å². The standard InChI is InChI=1S/C24H34N2OS.C11H15N.Ir/c1-14-8-9-17-16-6-5-7-18(22(16)27-23(17)26-14)21-20-15(12-24(2,3)4)13-28-19(20)10-11-25-21;1-2-6-10(7-3-1)11-8-4-5-9-12-11;/h7,10,15-17,20-21,23H,5-6,8-9,11-13H2,1-4H3;8H,1-6,9H2;/q2*-2;/t15?,16-,17?,20?,21-,23?;;/m0../s1/i1D3,12D2;;. The van der Waals surface area contributed by atoms with Crippen molar-refractivity contribution >= 4 is 17.5 Å². The molecular weight excluding hydrogens is 703 g/mol. The van der Waals surface area contributed by atoms with Gasteiger partial charge in [0.1, 0.15) is 0 Å². The smallest absolute Gasteiger partial charge is 0.171 e. The number of fused-ring (bicyclic) bond motifs is 4. The molecule has 7 aliphatic rings. The van der Waals surface area contributed by atoms with Crippen molar-refractivity contribution in [1.82, 2.24) is 0 Å². The van der Waals surface area contributed by atoms with E-state index in [2.05, 4.69) is 35.0 Å². The third-order valence-corrected chi connectivity index (χ3v) is 10.4. The van der Waals surface area contributed by atoms with Crippen LogP contribution in [0.2, 0.25) is 0 Å². The average molecular weight is 757 g/mol. The summed E-state index contributed by atoms with van der Waals surface area (Å²) in [6, 6.07) is -0.105.